The summed E-state index contributed by atoms with van der Waals surface area (Å²) in [6.07, 6.45) is 0.222. The smallest absolute Gasteiger partial charge is 0.279 e. The summed E-state index contributed by atoms with van der Waals surface area (Å²) in [6.45, 7) is 3.97. The number of hydrazine groups is 1. The van der Waals surface area contributed by atoms with Crippen LogP contribution in [0.15, 0.2) is 53.4 Å². The molecule has 0 radical (unpaired) electrons. The van der Waals surface area contributed by atoms with Gasteiger partial charge in [0.05, 0.1) is 11.5 Å². The lowest BCUT2D eigenvalue weighted by molar-refractivity contribution is -0.128. The van der Waals surface area contributed by atoms with Crippen molar-refractivity contribution in [2.45, 2.75) is 24.8 Å². The quantitative estimate of drug-likeness (QED) is 0.678. The second-order valence-corrected chi connectivity index (χ2v) is 7.92. The van der Waals surface area contributed by atoms with Crippen LogP contribution in [0.1, 0.15) is 24.2 Å². The molecule has 0 fully saturated rings. The number of nitrogens with one attached hydrogen (secondary N) is 2. The SMILES string of the molecule is CCOc1ccc(O[C@@H](C)C(=O)NNC(=O)c2ccc(S(C)(=O)=O)cc2)cc1. The fraction of sp³-hybridized carbons (Fsp3) is 0.263. The summed E-state index contributed by atoms with van der Waals surface area (Å²) >= 11 is 0. The number of ether oxygens (including phenoxy) is 2. The van der Waals surface area contributed by atoms with Crippen molar-refractivity contribution < 1.29 is 27.5 Å². The van der Waals surface area contributed by atoms with Gasteiger partial charge in [-0.15, -0.1) is 0 Å². The second kappa shape index (κ2) is 9.23. The molecule has 0 unspecified atom stereocenters. The third-order valence-corrected chi connectivity index (χ3v) is 4.79. The Hall–Kier alpha value is -3.07. The fourth-order valence-corrected chi connectivity index (χ4v) is 2.81. The molecule has 0 aliphatic rings. The summed E-state index contributed by atoms with van der Waals surface area (Å²) in [5, 5.41) is 0. The van der Waals surface area contributed by atoms with Crippen LogP contribution in [0.4, 0.5) is 0 Å². The van der Waals surface area contributed by atoms with Gasteiger partial charge < -0.3 is 9.47 Å². The number of carbonyl (C=O) groups is 2. The third kappa shape index (κ3) is 5.98. The molecule has 28 heavy (non-hydrogen) atoms. The predicted octanol–water partition coefficient (Wildman–Crippen LogP) is 1.72. The summed E-state index contributed by atoms with van der Waals surface area (Å²) in [7, 11) is -3.34. The van der Waals surface area contributed by atoms with Crippen molar-refractivity contribution >= 4 is 21.7 Å². The molecule has 2 rings (SSSR count). The Morgan fingerprint density at radius 3 is 2.07 bits per heavy atom. The van der Waals surface area contributed by atoms with Crippen LogP contribution in [0.25, 0.3) is 0 Å². The lowest BCUT2D eigenvalue weighted by Gasteiger charge is -2.15. The zero-order valence-electron chi connectivity index (χ0n) is 15.8. The Bertz CT molecular complexity index is 924. The van der Waals surface area contributed by atoms with Crippen LogP contribution in [0, 0.1) is 0 Å². The lowest BCUT2D eigenvalue weighted by Crippen LogP contribution is -2.47. The van der Waals surface area contributed by atoms with Gasteiger partial charge in [-0.25, -0.2) is 8.42 Å². The van der Waals surface area contributed by atoms with E-state index in [-0.39, 0.29) is 10.5 Å². The maximum absolute atomic E-state index is 12.1. The molecule has 9 heteroatoms. The minimum Gasteiger partial charge on any atom is -0.494 e. The molecule has 0 aromatic heterocycles. The molecule has 0 aliphatic carbocycles. The molecular weight excluding hydrogens is 384 g/mol. The van der Waals surface area contributed by atoms with Crippen LogP contribution < -0.4 is 20.3 Å². The van der Waals surface area contributed by atoms with Crippen LogP contribution in [-0.4, -0.2) is 39.2 Å². The zero-order valence-corrected chi connectivity index (χ0v) is 16.6. The summed E-state index contributed by atoms with van der Waals surface area (Å²) in [5.41, 5.74) is 4.73. The van der Waals surface area contributed by atoms with Gasteiger partial charge in [0.2, 0.25) is 0 Å². The lowest BCUT2D eigenvalue weighted by atomic mass is 10.2. The predicted molar refractivity (Wildman–Crippen MR) is 103 cm³/mol. The molecule has 150 valence electrons. The van der Waals surface area contributed by atoms with E-state index in [4.69, 9.17) is 9.47 Å². The molecule has 2 amide bonds. The van der Waals surface area contributed by atoms with Crippen molar-refractivity contribution in [3.63, 3.8) is 0 Å². The van der Waals surface area contributed by atoms with Gasteiger partial charge in [0.25, 0.3) is 11.8 Å². The average molecular weight is 406 g/mol. The Labute approximate surface area is 163 Å². The van der Waals surface area contributed by atoms with Crippen molar-refractivity contribution in [1.29, 1.82) is 0 Å². The van der Waals surface area contributed by atoms with Gasteiger partial charge >= 0.3 is 0 Å². The number of carbonyl (C=O) groups excluding carboxylic acids is 2. The number of amides is 2. The number of rotatable bonds is 7. The van der Waals surface area contributed by atoms with E-state index in [1.807, 2.05) is 6.92 Å². The molecular formula is C19H22N2O6S. The van der Waals surface area contributed by atoms with E-state index in [9.17, 15) is 18.0 Å². The summed E-state index contributed by atoms with van der Waals surface area (Å²) in [5.74, 6) is 0.0477. The maximum Gasteiger partial charge on any atom is 0.279 e. The fourth-order valence-electron chi connectivity index (χ4n) is 2.18. The molecule has 2 aromatic rings. The van der Waals surface area contributed by atoms with Crippen molar-refractivity contribution in [3.8, 4) is 11.5 Å². The highest BCUT2D eigenvalue weighted by molar-refractivity contribution is 7.90. The minimum absolute atomic E-state index is 0.102. The van der Waals surface area contributed by atoms with Gasteiger partial charge in [0.1, 0.15) is 11.5 Å². The maximum atomic E-state index is 12.1. The highest BCUT2D eigenvalue weighted by atomic mass is 32.2. The number of benzene rings is 2. The van der Waals surface area contributed by atoms with Crippen molar-refractivity contribution in [2.24, 2.45) is 0 Å². The monoisotopic (exact) mass is 406 g/mol. The van der Waals surface area contributed by atoms with Crippen molar-refractivity contribution in [3.05, 3.63) is 54.1 Å². The summed E-state index contributed by atoms with van der Waals surface area (Å²) in [6, 6.07) is 12.2. The Kier molecular flexibility index (Phi) is 7.00. The van der Waals surface area contributed by atoms with Crippen molar-refractivity contribution in [1.82, 2.24) is 10.9 Å². The van der Waals surface area contributed by atoms with Crippen LogP contribution in [0.5, 0.6) is 11.5 Å². The van der Waals surface area contributed by atoms with Crippen molar-refractivity contribution in [2.75, 3.05) is 12.9 Å². The summed E-state index contributed by atoms with van der Waals surface area (Å²) < 4.78 is 33.7. The van der Waals surface area contributed by atoms with Crippen LogP contribution >= 0.6 is 0 Å². The number of sulfone groups is 1. The molecule has 0 saturated heterocycles. The normalized spacial score (nSPS) is 12.0. The first kappa shape index (κ1) is 21.2. The zero-order chi connectivity index (χ0) is 20.7. The first-order valence-corrected chi connectivity index (χ1v) is 10.4. The Morgan fingerprint density at radius 1 is 0.964 bits per heavy atom. The summed E-state index contributed by atoms with van der Waals surface area (Å²) in [4.78, 5) is 24.2. The van der Waals surface area contributed by atoms with Gasteiger partial charge in [-0.05, 0) is 62.4 Å². The first-order valence-electron chi connectivity index (χ1n) is 8.50. The Morgan fingerprint density at radius 2 is 1.54 bits per heavy atom. The largest absolute Gasteiger partial charge is 0.494 e. The van der Waals surface area contributed by atoms with Crippen LogP contribution in [-0.2, 0) is 14.6 Å². The van der Waals surface area contributed by atoms with Gasteiger partial charge in [-0.1, -0.05) is 0 Å². The van der Waals surface area contributed by atoms with E-state index in [0.717, 1.165) is 6.26 Å². The molecule has 2 aromatic carbocycles. The van der Waals surface area contributed by atoms with E-state index in [0.29, 0.717) is 18.1 Å². The highest BCUT2D eigenvalue weighted by Gasteiger charge is 2.16. The van der Waals surface area contributed by atoms with Crippen LogP contribution in [0.2, 0.25) is 0 Å². The number of hydrogen-bond acceptors (Lipinski definition) is 6. The van der Waals surface area contributed by atoms with E-state index < -0.39 is 27.8 Å². The molecule has 0 heterocycles. The van der Waals surface area contributed by atoms with Crippen LogP contribution in [0.3, 0.4) is 0 Å². The molecule has 0 bridgehead atoms. The van der Waals surface area contributed by atoms with E-state index >= 15 is 0 Å². The first-order chi connectivity index (χ1) is 13.2. The van der Waals surface area contributed by atoms with E-state index in [1.54, 1.807) is 31.2 Å². The van der Waals surface area contributed by atoms with Gasteiger partial charge in [0.15, 0.2) is 15.9 Å². The Balaban J connectivity index is 1.87. The van der Waals surface area contributed by atoms with E-state index in [2.05, 4.69) is 10.9 Å². The van der Waals surface area contributed by atoms with Gasteiger partial charge in [-0.3, -0.25) is 20.4 Å². The number of hydrogen-bond donors (Lipinski definition) is 2. The average Bonchev–Trinajstić information content (AvgIpc) is 2.67. The highest BCUT2D eigenvalue weighted by Crippen LogP contribution is 2.18. The van der Waals surface area contributed by atoms with Gasteiger partial charge in [0, 0.05) is 11.8 Å². The molecule has 2 N–H and O–H groups in total. The molecule has 8 nitrogen and oxygen atoms in total. The minimum atomic E-state index is -3.34. The molecule has 0 spiro atoms. The molecule has 0 saturated carbocycles. The topological polar surface area (TPSA) is 111 Å². The molecule has 0 aliphatic heterocycles. The van der Waals surface area contributed by atoms with E-state index in [1.165, 1.54) is 24.3 Å². The standard InChI is InChI=1S/C19H22N2O6S/c1-4-26-15-7-9-16(10-8-15)27-13(2)18(22)20-21-19(23)14-5-11-17(12-6-14)28(3,24)25/h5-13H,4H2,1-3H3,(H,20,22)(H,21,23)/t13-/m0/s1. The third-order valence-electron chi connectivity index (χ3n) is 3.66. The molecule has 1 atom stereocenters. The van der Waals surface area contributed by atoms with Gasteiger partial charge in [-0.2, -0.15) is 0 Å². The second-order valence-electron chi connectivity index (χ2n) is 5.90.